The fourth-order valence-corrected chi connectivity index (χ4v) is 5.17. The number of rotatable bonds is 5. The second-order valence-corrected chi connectivity index (χ2v) is 9.37. The van der Waals surface area contributed by atoms with E-state index in [-0.39, 0.29) is 11.7 Å². The number of aromatic hydroxyl groups is 1. The van der Waals surface area contributed by atoms with Crippen LogP contribution in [0.5, 0.6) is 11.5 Å². The number of nitrogens with zero attached hydrogens (tertiary/aromatic N) is 3. The first-order valence-corrected chi connectivity index (χ1v) is 11.8. The second kappa shape index (κ2) is 9.12. The number of methoxy groups -OCH3 is 1. The molecule has 3 aliphatic rings. The predicted octanol–water partition coefficient (Wildman–Crippen LogP) is 3.12. The van der Waals surface area contributed by atoms with E-state index in [1.807, 2.05) is 6.07 Å². The van der Waals surface area contributed by atoms with Crippen LogP contribution in [0, 0.1) is 0 Å². The van der Waals surface area contributed by atoms with Gasteiger partial charge in [0.25, 0.3) is 0 Å². The summed E-state index contributed by atoms with van der Waals surface area (Å²) in [5, 5.41) is 9.98. The SMILES string of the molecule is COc1cc(O)cc(-c2ccc3c(c2)CCN(CC(=O)N2CCN(C4CCC4)CC2)C3)c1. The van der Waals surface area contributed by atoms with Crippen molar-refractivity contribution in [2.45, 2.75) is 38.3 Å². The highest BCUT2D eigenvalue weighted by molar-refractivity contribution is 5.78. The summed E-state index contributed by atoms with van der Waals surface area (Å²) >= 11 is 0. The smallest absolute Gasteiger partial charge is 0.236 e. The van der Waals surface area contributed by atoms with E-state index in [9.17, 15) is 9.90 Å². The molecule has 2 aromatic rings. The zero-order chi connectivity index (χ0) is 22.1. The molecule has 1 N–H and O–H groups in total. The van der Waals surface area contributed by atoms with Crippen molar-refractivity contribution < 1.29 is 14.6 Å². The molecule has 2 fully saturated rings. The van der Waals surface area contributed by atoms with Crippen LogP contribution in [0.1, 0.15) is 30.4 Å². The molecule has 2 aliphatic heterocycles. The lowest BCUT2D eigenvalue weighted by Crippen LogP contribution is -2.55. The number of ether oxygens (including phenoxy) is 1. The highest BCUT2D eigenvalue weighted by atomic mass is 16.5. The Morgan fingerprint density at radius 1 is 1.00 bits per heavy atom. The third-order valence-electron chi connectivity index (χ3n) is 7.37. The first kappa shape index (κ1) is 21.3. The van der Waals surface area contributed by atoms with Gasteiger partial charge >= 0.3 is 0 Å². The average molecular weight is 436 g/mol. The highest BCUT2D eigenvalue weighted by Gasteiger charge is 2.30. The Kier molecular flexibility index (Phi) is 6.07. The van der Waals surface area contributed by atoms with Crippen molar-refractivity contribution in [1.29, 1.82) is 0 Å². The number of hydrogen-bond donors (Lipinski definition) is 1. The highest BCUT2D eigenvalue weighted by Crippen LogP contribution is 2.32. The average Bonchev–Trinajstić information content (AvgIpc) is 2.77. The lowest BCUT2D eigenvalue weighted by molar-refractivity contribution is -0.135. The Hall–Kier alpha value is -2.57. The Balaban J connectivity index is 1.19. The minimum absolute atomic E-state index is 0.204. The van der Waals surface area contributed by atoms with Gasteiger partial charge in [0.05, 0.1) is 13.7 Å². The molecule has 0 unspecified atom stereocenters. The minimum atomic E-state index is 0.204. The summed E-state index contributed by atoms with van der Waals surface area (Å²) in [6.45, 7) is 6.02. The molecule has 1 saturated heterocycles. The Labute approximate surface area is 190 Å². The quantitative estimate of drug-likeness (QED) is 0.782. The van der Waals surface area contributed by atoms with Crippen LogP contribution in [0.15, 0.2) is 36.4 Å². The van der Waals surface area contributed by atoms with E-state index in [1.165, 1.54) is 30.4 Å². The third kappa shape index (κ3) is 4.48. The number of carbonyl (C=O) groups is 1. The lowest BCUT2D eigenvalue weighted by atomic mass is 9.91. The van der Waals surface area contributed by atoms with Gasteiger partial charge in [-0.25, -0.2) is 0 Å². The van der Waals surface area contributed by atoms with Gasteiger partial charge in [0.15, 0.2) is 0 Å². The van der Waals surface area contributed by atoms with Gasteiger partial charge in [-0.05, 0) is 53.6 Å². The van der Waals surface area contributed by atoms with Gasteiger partial charge in [-0.1, -0.05) is 24.6 Å². The molecular formula is C26H33N3O3. The number of phenolic OH excluding ortho intramolecular Hbond substituents is 1. The van der Waals surface area contributed by atoms with Gasteiger partial charge in [-0.2, -0.15) is 0 Å². The normalized spacial score (nSPS) is 20.0. The summed E-state index contributed by atoms with van der Waals surface area (Å²) in [6, 6.07) is 12.6. The molecule has 0 bridgehead atoms. The van der Waals surface area contributed by atoms with Crippen LogP contribution in [0.3, 0.4) is 0 Å². The van der Waals surface area contributed by atoms with Gasteiger partial charge in [-0.3, -0.25) is 14.6 Å². The summed E-state index contributed by atoms with van der Waals surface area (Å²) in [5.74, 6) is 1.12. The van der Waals surface area contributed by atoms with Crippen LogP contribution in [0.25, 0.3) is 11.1 Å². The maximum absolute atomic E-state index is 12.9. The first-order valence-electron chi connectivity index (χ1n) is 11.8. The van der Waals surface area contributed by atoms with Crippen LogP contribution in [0.4, 0.5) is 0 Å². The molecule has 6 heteroatoms. The molecule has 0 radical (unpaired) electrons. The van der Waals surface area contributed by atoms with Gasteiger partial charge in [-0.15, -0.1) is 0 Å². The van der Waals surface area contributed by atoms with Crippen molar-refractivity contribution in [2.75, 3.05) is 46.4 Å². The molecule has 2 heterocycles. The van der Waals surface area contributed by atoms with Crippen LogP contribution >= 0.6 is 0 Å². The molecular weight excluding hydrogens is 402 g/mol. The van der Waals surface area contributed by atoms with Gasteiger partial charge in [0, 0.05) is 51.4 Å². The van der Waals surface area contributed by atoms with Crippen molar-refractivity contribution in [3.8, 4) is 22.6 Å². The fraction of sp³-hybridized carbons (Fsp3) is 0.500. The minimum Gasteiger partial charge on any atom is -0.508 e. The third-order valence-corrected chi connectivity index (χ3v) is 7.37. The Morgan fingerprint density at radius 2 is 1.81 bits per heavy atom. The number of phenols is 1. The largest absolute Gasteiger partial charge is 0.508 e. The second-order valence-electron chi connectivity index (χ2n) is 9.37. The number of carbonyl (C=O) groups excluding carboxylic acids is 1. The number of fused-ring (bicyclic) bond motifs is 1. The number of hydrogen-bond acceptors (Lipinski definition) is 5. The van der Waals surface area contributed by atoms with Crippen LogP contribution in [-0.2, 0) is 17.8 Å². The van der Waals surface area contributed by atoms with Gasteiger partial charge in [0.1, 0.15) is 11.5 Å². The standard InChI is InChI=1S/C26H33N3O3/c1-32-25-15-22(14-24(30)16-25)19-5-6-21-17-27(8-7-20(21)13-19)18-26(31)29-11-9-28(10-12-29)23-3-2-4-23/h5-6,13-16,23,30H,2-4,7-12,17-18H2,1H3. The maximum Gasteiger partial charge on any atom is 0.236 e. The summed E-state index contributed by atoms with van der Waals surface area (Å²) in [5.41, 5.74) is 4.63. The molecule has 6 nitrogen and oxygen atoms in total. The molecule has 2 aromatic carbocycles. The van der Waals surface area contributed by atoms with Crippen molar-refractivity contribution in [2.24, 2.45) is 0 Å². The molecule has 0 spiro atoms. The molecule has 1 aliphatic carbocycles. The number of piperazine rings is 1. The van der Waals surface area contributed by atoms with Crippen molar-refractivity contribution in [3.05, 3.63) is 47.5 Å². The number of amides is 1. The molecule has 1 saturated carbocycles. The summed E-state index contributed by atoms with van der Waals surface area (Å²) in [4.78, 5) is 19.8. The van der Waals surface area contributed by atoms with Crippen molar-refractivity contribution in [3.63, 3.8) is 0 Å². The van der Waals surface area contributed by atoms with E-state index < -0.39 is 0 Å². The molecule has 5 rings (SSSR count). The summed E-state index contributed by atoms with van der Waals surface area (Å²) < 4.78 is 5.29. The van der Waals surface area contributed by atoms with Crippen LogP contribution in [0.2, 0.25) is 0 Å². The predicted molar refractivity (Wildman–Crippen MR) is 125 cm³/mol. The molecule has 170 valence electrons. The molecule has 0 atom stereocenters. The maximum atomic E-state index is 12.9. The van der Waals surface area contributed by atoms with E-state index in [0.29, 0.717) is 12.3 Å². The van der Waals surface area contributed by atoms with Gasteiger partial charge in [0.2, 0.25) is 5.91 Å². The Morgan fingerprint density at radius 3 is 2.53 bits per heavy atom. The van der Waals surface area contributed by atoms with Crippen molar-refractivity contribution in [1.82, 2.24) is 14.7 Å². The van der Waals surface area contributed by atoms with E-state index in [2.05, 4.69) is 32.9 Å². The molecule has 1 amide bonds. The van der Waals surface area contributed by atoms with E-state index in [1.54, 1.807) is 19.2 Å². The van der Waals surface area contributed by atoms with E-state index in [0.717, 1.165) is 62.9 Å². The topological polar surface area (TPSA) is 56.3 Å². The molecule has 32 heavy (non-hydrogen) atoms. The van der Waals surface area contributed by atoms with Crippen LogP contribution < -0.4 is 4.74 Å². The molecule has 0 aromatic heterocycles. The van der Waals surface area contributed by atoms with E-state index >= 15 is 0 Å². The monoisotopic (exact) mass is 435 g/mol. The zero-order valence-corrected chi connectivity index (χ0v) is 18.9. The Bertz CT molecular complexity index is 980. The summed E-state index contributed by atoms with van der Waals surface area (Å²) in [7, 11) is 1.61. The van der Waals surface area contributed by atoms with E-state index in [4.69, 9.17) is 4.74 Å². The fourth-order valence-electron chi connectivity index (χ4n) is 5.17. The lowest BCUT2D eigenvalue weighted by Gasteiger charge is -2.43. The van der Waals surface area contributed by atoms with Crippen molar-refractivity contribution >= 4 is 5.91 Å². The van der Waals surface area contributed by atoms with Gasteiger partial charge < -0.3 is 14.7 Å². The zero-order valence-electron chi connectivity index (χ0n) is 18.9. The number of benzene rings is 2. The van der Waals surface area contributed by atoms with Crippen LogP contribution in [-0.4, -0.2) is 78.1 Å². The first-order chi connectivity index (χ1) is 15.6. The summed E-state index contributed by atoms with van der Waals surface area (Å²) in [6.07, 6.45) is 4.97.